The van der Waals surface area contributed by atoms with Gasteiger partial charge in [-0.25, -0.2) is 0 Å². The molecule has 0 bridgehead atoms. The zero-order chi connectivity index (χ0) is 13.0. The van der Waals surface area contributed by atoms with Gasteiger partial charge in [0.2, 0.25) is 5.91 Å². The number of ether oxygens (including phenoxy) is 1. The highest BCUT2D eigenvalue weighted by molar-refractivity contribution is 5.83. The standard InChI is InChI=1S/C14H20N2O2/c1-14(8-5-9-18-10-14)16-13(17)12(15)11-6-3-2-4-7-11/h2-4,6-7,12H,5,8-10,15H2,1H3,(H,16,17). The van der Waals surface area contributed by atoms with Gasteiger partial charge in [0.25, 0.3) is 0 Å². The summed E-state index contributed by atoms with van der Waals surface area (Å²) in [4.78, 5) is 12.1. The summed E-state index contributed by atoms with van der Waals surface area (Å²) in [7, 11) is 0. The lowest BCUT2D eigenvalue weighted by Crippen LogP contribution is -2.53. The molecule has 0 saturated carbocycles. The number of carbonyl (C=O) groups excluding carboxylic acids is 1. The Balaban J connectivity index is 1.99. The van der Waals surface area contributed by atoms with E-state index in [-0.39, 0.29) is 11.4 Å². The summed E-state index contributed by atoms with van der Waals surface area (Å²) in [6.45, 7) is 3.33. The topological polar surface area (TPSA) is 64.4 Å². The highest BCUT2D eigenvalue weighted by atomic mass is 16.5. The lowest BCUT2D eigenvalue weighted by molar-refractivity contribution is -0.126. The summed E-state index contributed by atoms with van der Waals surface area (Å²) >= 11 is 0. The van der Waals surface area contributed by atoms with Crippen LogP contribution >= 0.6 is 0 Å². The molecule has 1 aliphatic rings. The van der Waals surface area contributed by atoms with E-state index in [9.17, 15) is 4.79 Å². The third kappa shape index (κ3) is 3.09. The molecule has 2 atom stereocenters. The molecule has 2 rings (SSSR count). The van der Waals surface area contributed by atoms with Crippen LogP contribution in [0.4, 0.5) is 0 Å². The van der Waals surface area contributed by atoms with E-state index >= 15 is 0 Å². The van der Waals surface area contributed by atoms with Crippen LogP contribution in [-0.2, 0) is 9.53 Å². The molecular weight excluding hydrogens is 228 g/mol. The highest BCUT2D eigenvalue weighted by Crippen LogP contribution is 2.20. The van der Waals surface area contributed by atoms with Gasteiger partial charge < -0.3 is 15.8 Å². The van der Waals surface area contributed by atoms with E-state index in [4.69, 9.17) is 10.5 Å². The Bertz CT molecular complexity index is 400. The fraction of sp³-hybridized carbons (Fsp3) is 0.500. The van der Waals surface area contributed by atoms with E-state index in [1.165, 1.54) is 0 Å². The molecule has 1 amide bonds. The van der Waals surface area contributed by atoms with Gasteiger partial charge in [-0.3, -0.25) is 4.79 Å². The van der Waals surface area contributed by atoms with Crippen molar-refractivity contribution in [1.29, 1.82) is 0 Å². The predicted molar refractivity (Wildman–Crippen MR) is 70.0 cm³/mol. The number of amides is 1. The Kier molecular flexibility index (Phi) is 3.99. The molecule has 18 heavy (non-hydrogen) atoms. The summed E-state index contributed by atoms with van der Waals surface area (Å²) in [5, 5.41) is 3.00. The maximum Gasteiger partial charge on any atom is 0.242 e. The molecule has 1 aliphatic heterocycles. The molecule has 1 saturated heterocycles. The second kappa shape index (κ2) is 5.50. The molecule has 1 heterocycles. The summed E-state index contributed by atoms with van der Waals surface area (Å²) in [5.41, 5.74) is 6.50. The summed E-state index contributed by atoms with van der Waals surface area (Å²) in [5.74, 6) is -0.144. The van der Waals surface area contributed by atoms with Gasteiger partial charge in [0.05, 0.1) is 12.1 Å². The molecule has 4 nitrogen and oxygen atoms in total. The van der Waals surface area contributed by atoms with Crippen molar-refractivity contribution >= 4 is 5.91 Å². The molecule has 0 aromatic heterocycles. The van der Waals surface area contributed by atoms with Gasteiger partial charge in [0.1, 0.15) is 6.04 Å². The van der Waals surface area contributed by atoms with Gasteiger partial charge in [-0.2, -0.15) is 0 Å². The largest absolute Gasteiger partial charge is 0.379 e. The van der Waals surface area contributed by atoms with E-state index < -0.39 is 6.04 Å². The van der Waals surface area contributed by atoms with Gasteiger partial charge in [0, 0.05) is 6.61 Å². The first-order valence-electron chi connectivity index (χ1n) is 6.31. The predicted octanol–water partition coefficient (Wildman–Crippen LogP) is 1.37. The third-order valence-corrected chi connectivity index (χ3v) is 3.30. The number of nitrogens with two attached hydrogens (primary N) is 1. The van der Waals surface area contributed by atoms with Crippen LogP contribution in [0.3, 0.4) is 0 Å². The Morgan fingerprint density at radius 1 is 1.44 bits per heavy atom. The average molecular weight is 248 g/mol. The number of nitrogens with one attached hydrogen (secondary N) is 1. The van der Waals surface area contributed by atoms with E-state index in [0.29, 0.717) is 6.61 Å². The van der Waals surface area contributed by atoms with Crippen LogP contribution in [0, 0.1) is 0 Å². The van der Waals surface area contributed by atoms with Gasteiger partial charge in [-0.15, -0.1) is 0 Å². The van der Waals surface area contributed by atoms with Crippen LogP contribution in [0.25, 0.3) is 0 Å². The fourth-order valence-electron chi connectivity index (χ4n) is 2.22. The minimum Gasteiger partial charge on any atom is -0.379 e. The van der Waals surface area contributed by atoms with Gasteiger partial charge >= 0.3 is 0 Å². The van der Waals surface area contributed by atoms with Crippen LogP contribution in [0.1, 0.15) is 31.4 Å². The first-order valence-corrected chi connectivity index (χ1v) is 6.31. The molecule has 0 spiro atoms. The third-order valence-electron chi connectivity index (χ3n) is 3.30. The van der Waals surface area contributed by atoms with Crippen molar-refractivity contribution in [3.8, 4) is 0 Å². The summed E-state index contributed by atoms with van der Waals surface area (Å²) in [6, 6.07) is 8.78. The first-order chi connectivity index (χ1) is 8.61. The van der Waals surface area contributed by atoms with Crippen molar-refractivity contribution < 1.29 is 9.53 Å². The van der Waals surface area contributed by atoms with Crippen molar-refractivity contribution in [2.75, 3.05) is 13.2 Å². The molecule has 1 aromatic carbocycles. The van der Waals surface area contributed by atoms with Crippen molar-refractivity contribution in [2.45, 2.75) is 31.3 Å². The number of hydrogen-bond donors (Lipinski definition) is 2. The second-order valence-corrected chi connectivity index (χ2v) is 5.09. The lowest BCUT2D eigenvalue weighted by Gasteiger charge is -2.35. The van der Waals surface area contributed by atoms with Crippen LogP contribution < -0.4 is 11.1 Å². The van der Waals surface area contributed by atoms with Crippen molar-refractivity contribution in [2.24, 2.45) is 5.73 Å². The molecule has 1 fully saturated rings. The molecular formula is C14H20N2O2. The van der Waals surface area contributed by atoms with Crippen LogP contribution in [0.5, 0.6) is 0 Å². The Hall–Kier alpha value is -1.39. The average Bonchev–Trinajstić information content (AvgIpc) is 2.39. The van der Waals surface area contributed by atoms with E-state index in [2.05, 4.69) is 5.32 Å². The molecule has 3 N–H and O–H groups in total. The maximum absolute atomic E-state index is 12.1. The highest BCUT2D eigenvalue weighted by Gasteiger charge is 2.31. The Morgan fingerprint density at radius 2 is 2.17 bits per heavy atom. The number of rotatable bonds is 3. The molecule has 0 radical (unpaired) electrons. The van der Waals surface area contributed by atoms with Crippen LogP contribution in [-0.4, -0.2) is 24.7 Å². The van der Waals surface area contributed by atoms with E-state index in [1.807, 2.05) is 37.3 Å². The zero-order valence-electron chi connectivity index (χ0n) is 10.7. The first kappa shape index (κ1) is 13.1. The second-order valence-electron chi connectivity index (χ2n) is 5.09. The van der Waals surface area contributed by atoms with E-state index in [0.717, 1.165) is 25.0 Å². The van der Waals surface area contributed by atoms with Crippen molar-refractivity contribution in [3.63, 3.8) is 0 Å². The quantitative estimate of drug-likeness (QED) is 0.849. The van der Waals surface area contributed by atoms with Crippen molar-refractivity contribution in [1.82, 2.24) is 5.32 Å². The number of carbonyl (C=O) groups is 1. The molecule has 98 valence electrons. The van der Waals surface area contributed by atoms with Crippen LogP contribution in [0.15, 0.2) is 30.3 Å². The van der Waals surface area contributed by atoms with Gasteiger partial charge in [0.15, 0.2) is 0 Å². The molecule has 4 heteroatoms. The summed E-state index contributed by atoms with van der Waals surface area (Å²) < 4.78 is 5.42. The smallest absolute Gasteiger partial charge is 0.242 e. The minimum absolute atomic E-state index is 0.144. The maximum atomic E-state index is 12.1. The zero-order valence-corrected chi connectivity index (χ0v) is 10.7. The molecule has 2 unspecified atom stereocenters. The SMILES string of the molecule is CC1(NC(=O)C(N)c2ccccc2)CCCOC1. The van der Waals surface area contributed by atoms with Gasteiger partial charge in [-0.05, 0) is 25.3 Å². The van der Waals surface area contributed by atoms with Crippen molar-refractivity contribution in [3.05, 3.63) is 35.9 Å². The Morgan fingerprint density at radius 3 is 2.78 bits per heavy atom. The minimum atomic E-state index is -0.620. The summed E-state index contributed by atoms with van der Waals surface area (Å²) in [6.07, 6.45) is 1.90. The molecule has 0 aliphatic carbocycles. The van der Waals surface area contributed by atoms with E-state index in [1.54, 1.807) is 0 Å². The normalized spacial score (nSPS) is 25.4. The van der Waals surface area contributed by atoms with Gasteiger partial charge in [-0.1, -0.05) is 30.3 Å². The van der Waals surface area contributed by atoms with Crippen LogP contribution in [0.2, 0.25) is 0 Å². The molecule has 1 aromatic rings. The monoisotopic (exact) mass is 248 g/mol. The number of hydrogen-bond acceptors (Lipinski definition) is 3. The fourth-order valence-corrected chi connectivity index (χ4v) is 2.22. The lowest BCUT2D eigenvalue weighted by atomic mass is 9.94. The Labute approximate surface area is 108 Å². The number of benzene rings is 1.